The fraction of sp³-hybridized carbons (Fsp3) is 0.622. The van der Waals surface area contributed by atoms with Crippen molar-refractivity contribution in [2.75, 3.05) is 12.3 Å². The lowest BCUT2D eigenvalue weighted by atomic mass is 9.55. The molecule has 1 unspecified atom stereocenters. The Kier molecular flexibility index (Phi) is 6.78. The van der Waals surface area contributed by atoms with Crippen LogP contribution in [0.1, 0.15) is 64.2 Å². The number of hydrogen-bond acceptors (Lipinski definition) is 2. The number of pyridine rings is 2. The highest BCUT2D eigenvalue weighted by molar-refractivity contribution is 7.72. The van der Waals surface area contributed by atoms with E-state index in [1.54, 1.807) is 69.8 Å². The largest absolute Gasteiger partial charge is 0.256 e. The van der Waals surface area contributed by atoms with E-state index in [2.05, 4.69) is 54.6 Å². The molecule has 214 valence electrons. The molecule has 2 heterocycles. The molecule has 11 rings (SSSR count). The summed E-state index contributed by atoms with van der Waals surface area (Å²) >= 11 is 0. The van der Waals surface area contributed by atoms with Crippen LogP contribution in [0.3, 0.4) is 0 Å². The summed E-state index contributed by atoms with van der Waals surface area (Å²) in [6.07, 6.45) is 30.0. The van der Waals surface area contributed by atoms with Gasteiger partial charge in [0.2, 0.25) is 0 Å². The van der Waals surface area contributed by atoms with Gasteiger partial charge >= 0.3 is 0 Å². The Hall–Kier alpha value is -1.36. The van der Waals surface area contributed by atoms with Crippen molar-refractivity contribution in [2.45, 2.75) is 75.5 Å². The summed E-state index contributed by atoms with van der Waals surface area (Å²) in [7, 11) is -0.533. The third kappa shape index (κ3) is 4.74. The molecule has 8 saturated carbocycles. The Labute approximate surface area is 249 Å². The lowest BCUT2D eigenvalue weighted by Crippen LogP contribution is -2.53. The van der Waals surface area contributed by atoms with Crippen molar-refractivity contribution in [2.24, 2.45) is 53.3 Å². The van der Waals surface area contributed by atoms with Crippen LogP contribution in [0.25, 0.3) is 0 Å². The minimum atomic E-state index is -0.569. The summed E-state index contributed by atoms with van der Waals surface area (Å²) in [5.41, 5.74) is 6.43. The predicted octanol–water partition coefficient (Wildman–Crippen LogP) is 8.15. The molecule has 0 aromatic carbocycles. The van der Waals surface area contributed by atoms with Gasteiger partial charge in [0, 0.05) is 18.3 Å². The molecule has 0 amide bonds. The van der Waals surface area contributed by atoms with Crippen molar-refractivity contribution in [3.63, 3.8) is 0 Å². The van der Waals surface area contributed by atoms with Crippen molar-refractivity contribution < 1.29 is 0 Å². The standard InChI is InChI=1S/C37H46N2P2/c1-3-10-38-34(8-1)40(35-9-2-4-11-39-35)22-28-6-5-7-29(28)23-41(36-30-14-24-12-25(16-30)17-31(36)15-24)37-32-18-26-13-27(20-32)21-33(37)19-26/h1-11,24-28,30-33,36-37H,12-23H2. The van der Waals surface area contributed by atoms with Gasteiger partial charge in [0.05, 0.1) is 10.9 Å². The first-order valence-corrected chi connectivity index (χ1v) is 20.2. The van der Waals surface area contributed by atoms with Crippen molar-refractivity contribution in [1.82, 2.24) is 9.97 Å². The number of allylic oxidation sites excluding steroid dienone is 4. The molecular formula is C37H46N2P2. The Morgan fingerprint density at radius 1 is 0.610 bits per heavy atom. The first kappa shape index (κ1) is 26.1. The van der Waals surface area contributed by atoms with Crippen LogP contribution >= 0.6 is 15.8 Å². The molecular weight excluding hydrogens is 534 g/mol. The van der Waals surface area contributed by atoms with Crippen LogP contribution < -0.4 is 10.9 Å². The van der Waals surface area contributed by atoms with Crippen LogP contribution in [0, 0.1) is 53.3 Å². The molecule has 2 aromatic rings. The van der Waals surface area contributed by atoms with E-state index in [0.29, 0.717) is 5.92 Å². The highest BCUT2D eigenvalue weighted by Gasteiger charge is 2.56. The Balaban J connectivity index is 1.03. The molecule has 9 aliphatic carbocycles. The molecule has 8 fully saturated rings. The summed E-state index contributed by atoms with van der Waals surface area (Å²) in [4.78, 5) is 9.76. The Morgan fingerprint density at radius 3 is 1.54 bits per heavy atom. The van der Waals surface area contributed by atoms with E-state index in [1.807, 2.05) is 12.4 Å². The Bertz CT molecular complexity index is 1170. The lowest BCUT2D eigenvalue weighted by molar-refractivity contribution is 0.0131. The average Bonchev–Trinajstić information content (AvgIpc) is 3.42. The van der Waals surface area contributed by atoms with Gasteiger partial charge < -0.3 is 0 Å². The third-order valence-corrected chi connectivity index (χ3v) is 19.2. The van der Waals surface area contributed by atoms with Crippen LogP contribution in [-0.2, 0) is 0 Å². The first-order chi connectivity index (χ1) is 20.2. The van der Waals surface area contributed by atoms with Gasteiger partial charge in [-0.2, -0.15) is 0 Å². The highest BCUT2D eigenvalue weighted by atomic mass is 31.1. The van der Waals surface area contributed by atoms with Gasteiger partial charge in [-0.1, -0.05) is 43.9 Å². The molecule has 0 radical (unpaired) electrons. The number of aromatic nitrogens is 2. The van der Waals surface area contributed by atoms with Gasteiger partial charge in [-0.25, -0.2) is 0 Å². The van der Waals surface area contributed by atoms with Crippen molar-refractivity contribution in [3.8, 4) is 0 Å². The molecule has 9 aliphatic rings. The zero-order chi connectivity index (χ0) is 26.9. The molecule has 2 aromatic heterocycles. The first-order valence-electron chi connectivity index (χ1n) is 17.0. The molecule has 8 bridgehead atoms. The second-order valence-corrected chi connectivity index (χ2v) is 19.9. The van der Waals surface area contributed by atoms with E-state index in [4.69, 9.17) is 9.97 Å². The smallest absolute Gasteiger partial charge is 0.0692 e. The topological polar surface area (TPSA) is 25.8 Å². The molecule has 4 heteroatoms. The fourth-order valence-electron chi connectivity index (χ4n) is 11.9. The van der Waals surface area contributed by atoms with E-state index in [-0.39, 0.29) is 7.92 Å². The zero-order valence-corrected chi connectivity index (χ0v) is 26.3. The number of nitrogens with zero attached hydrogens (tertiary/aromatic N) is 2. The SMILES string of the molecule is C1=CC(CP(c2ccccn2)c2ccccn2)C(CP(C2C3CC4CC(C3)CC2C4)C2C3CC4CC(C3)CC2C4)=C1. The molecule has 0 saturated heterocycles. The van der Waals surface area contributed by atoms with Crippen molar-refractivity contribution in [3.05, 3.63) is 72.6 Å². The molecule has 0 spiro atoms. The quantitative estimate of drug-likeness (QED) is 0.295. The zero-order valence-electron chi connectivity index (χ0n) is 24.5. The van der Waals surface area contributed by atoms with Gasteiger partial charge in [0.1, 0.15) is 0 Å². The third-order valence-electron chi connectivity index (χ3n) is 12.8. The second-order valence-electron chi connectivity index (χ2n) is 15.2. The average molecular weight is 581 g/mol. The van der Waals surface area contributed by atoms with Crippen molar-refractivity contribution in [1.29, 1.82) is 0 Å². The van der Waals surface area contributed by atoms with E-state index in [9.17, 15) is 0 Å². The van der Waals surface area contributed by atoms with E-state index >= 15 is 0 Å². The maximum absolute atomic E-state index is 4.88. The van der Waals surface area contributed by atoms with Crippen LogP contribution in [0.4, 0.5) is 0 Å². The maximum Gasteiger partial charge on any atom is 0.0692 e. The van der Waals surface area contributed by atoms with Gasteiger partial charge in [-0.05, 0) is 167 Å². The predicted molar refractivity (Wildman–Crippen MR) is 174 cm³/mol. The van der Waals surface area contributed by atoms with Crippen molar-refractivity contribution >= 4 is 26.7 Å². The number of rotatable bonds is 8. The van der Waals surface area contributed by atoms with Gasteiger partial charge in [0.15, 0.2) is 0 Å². The minimum Gasteiger partial charge on any atom is -0.256 e. The van der Waals surface area contributed by atoms with Gasteiger partial charge in [0.25, 0.3) is 0 Å². The van der Waals surface area contributed by atoms with Crippen LogP contribution in [-0.4, -0.2) is 33.6 Å². The normalized spacial score (nSPS) is 42.3. The summed E-state index contributed by atoms with van der Waals surface area (Å²) in [5, 5.41) is 0. The van der Waals surface area contributed by atoms with E-state index in [1.165, 1.54) is 17.0 Å². The molecule has 2 nitrogen and oxygen atoms in total. The summed E-state index contributed by atoms with van der Waals surface area (Å²) in [5.74, 6) is 9.19. The maximum atomic E-state index is 4.88. The molecule has 0 aliphatic heterocycles. The Morgan fingerprint density at radius 2 is 1.10 bits per heavy atom. The van der Waals surface area contributed by atoms with Crippen LogP contribution in [0.15, 0.2) is 72.6 Å². The van der Waals surface area contributed by atoms with Gasteiger partial charge in [-0.3, -0.25) is 9.97 Å². The second kappa shape index (κ2) is 10.7. The fourth-order valence-corrected chi connectivity index (χ4v) is 19.0. The molecule has 1 atom stereocenters. The summed E-state index contributed by atoms with van der Waals surface area (Å²) in [6, 6.07) is 12.9. The summed E-state index contributed by atoms with van der Waals surface area (Å²) in [6.45, 7) is 0. The number of hydrogen-bond donors (Lipinski definition) is 0. The summed E-state index contributed by atoms with van der Waals surface area (Å²) < 4.78 is 0. The molecule has 41 heavy (non-hydrogen) atoms. The lowest BCUT2D eigenvalue weighted by Gasteiger charge is -2.62. The van der Waals surface area contributed by atoms with Crippen LogP contribution in [0.2, 0.25) is 0 Å². The van der Waals surface area contributed by atoms with E-state index < -0.39 is 7.92 Å². The highest BCUT2D eigenvalue weighted by Crippen LogP contribution is 2.71. The van der Waals surface area contributed by atoms with Gasteiger partial charge in [-0.15, -0.1) is 0 Å². The molecule has 0 N–H and O–H groups in total. The van der Waals surface area contributed by atoms with Crippen LogP contribution in [0.5, 0.6) is 0 Å². The monoisotopic (exact) mass is 580 g/mol. The minimum absolute atomic E-state index is 0.0360. The van der Waals surface area contributed by atoms with E-state index in [0.717, 1.165) is 64.8 Å².